The number of fused-ring (bicyclic) bond motifs is 1. The van der Waals surface area contributed by atoms with E-state index in [2.05, 4.69) is 10.1 Å². The van der Waals surface area contributed by atoms with E-state index in [-0.39, 0.29) is 18.3 Å². The second-order valence-corrected chi connectivity index (χ2v) is 4.75. The third-order valence-electron chi connectivity index (χ3n) is 3.42. The van der Waals surface area contributed by atoms with Gasteiger partial charge in [-0.15, -0.1) is 5.10 Å². The minimum Gasteiger partial charge on any atom is -0.347 e. The first-order valence-electron chi connectivity index (χ1n) is 6.39. The van der Waals surface area contributed by atoms with Crippen molar-refractivity contribution in [1.82, 2.24) is 29.7 Å². The number of carbonyl (C=O) groups excluding carboxylic acids is 2. The van der Waals surface area contributed by atoms with Gasteiger partial charge < -0.3 is 9.47 Å². The fourth-order valence-electron chi connectivity index (χ4n) is 2.30. The smallest absolute Gasteiger partial charge is 0.314 e. The van der Waals surface area contributed by atoms with Crippen molar-refractivity contribution in [3.8, 4) is 0 Å². The van der Waals surface area contributed by atoms with Crippen LogP contribution < -0.4 is 5.48 Å². The molecule has 0 atom stereocenters. The van der Waals surface area contributed by atoms with E-state index in [1.165, 1.54) is 5.48 Å². The van der Waals surface area contributed by atoms with E-state index in [4.69, 9.17) is 5.21 Å². The second-order valence-electron chi connectivity index (χ2n) is 4.75. The lowest BCUT2D eigenvalue weighted by Crippen LogP contribution is -2.39. The largest absolute Gasteiger partial charge is 0.347 e. The zero-order chi connectivity index (χ0) is 15.0. The Kier molecular flexibility index (Phi) is 3.18. The van der Waals surface area contributed by atoms with Crippen LogP contribution in [0.5, 0.6) is 0 Å². The number of rotatable bonds is 2. The van der Waals surface area contributed by atoms with Crippen LogP contribution in [0.25, 0.3) is 0 Å². The highest BCUT2D eigenvalue weighted by Gasteiger charge is 2.26. The predicted octanol–water partition coefficient (Wildman–Crippen LogP) is -0.608. The van der Waals surface area contributed by atoms with Crippen LogP contribution in [0.4, 0.5) is 0 Å². The van der Waals surface area contributed by atoms with Crippen LogP contribution in [-0.4, -0.2) is 47.8 Å². The molecule has 0 bridgehead atoms. The van der Waals surface area contributed by atoms with Crippen LogP contribution in [0.1, 0.15) is 26.9 Å². The molecular weight excluding hydrogens is 276 g/mol. The Morgan fingerprint density at radius 3 is 2.86 bits per heavy atom. The first-order chi connectivity index (χ1) is 10.1. The van der Waals surface area contributed by atoms with Gasteiger partial charge in [0.15, 0.2) is 0 Å². The fourth-order valence-corrected chi connectivity index (χ4v) is 2.30. The number of nitrogens with one attached hydrogen (secondary N) is 1. The van der Waals surface area contributed by atoms with Crippen LogP contribution in [0.3, 0.4) is 0 Å². The van der Waals surface area contributed by atoms with Gasteiger partial charge in [0.25, 0.3) is 5.91 Å². The van der Waals surface area contributed by atoms with Gasteiger partial charge in [0.05, 0.1) is 13.1 Å². The Bertz CT molecular complexity index is 704. The standard InChI is InChI=1S/C12H14N6O3/c1-16-4-2-3-8(16)12(20)17-5-6-18-9(7-17)13-10(14-18)11(19)15-21/h2-4,21H,5-7H2,1H3,(H,15,19). The predicted molar refractivity (Wildman–Crippen MR) is 69.4 cm³/mol. The van der Waals surface area contributed by atoms with Gasteiger partial charge in [0.2, 0.25) is 5.82 Å². The van der Waals surface area contributed by atoms with Crippen LogP contribution >= 0.6 is 0 Å². The fraction of sp³-hybridized carbons (Fsp3) is 0.333. The molecule has 0 radical (unpaired) electrons. The van der Waals surface area contributed by atoms with Gasteiger partial charge >= 0.3 is 5.91 Å². The molecule has 0 aromatic carbocycles. The summed E-state index contributed by atoms with van der Waals surface area (Å²) in [6.07, 6.45) is 1.81. The number of hydroxylamine groups is 1. The Morgan fingerprint density at radius 1 is 1.38 bits per heavy atom. The number of amides is 2. The minimum atomic E-state index is -0.766. The number of aryl methyl sites for hydroxylation is 1. The van der Waals surface area contributed by atoms with E-state index < -0.39 is 5.91 Å². The van der Waals surface area contributed by atoms with Gasteiger partial charge in [0, 0.05) is 19.8 Å². The Hall–Kier alpha value is -2.68. The molecule has 3 heterocycles. The second kappa shape index (κ2) is 5.02. The Labute approximate surface area is 119 Å². The Morgan fingerprint density at radius 2 is 2.19 bits per heavy atom. The van der Waals surface area contributed by atoms with Crippen molar-refractivity contribution in [2.75, 3.05) is 6.54 Å². The molecule has 21 heavy (non-hydrogen) atoms. The van der Waals surface area contributed by atoms with Crippen molar-refractivity contribution in [3.05, 3.63) is 35.7 Å². The van der Waals surface area contributed by atoms with Crippen molar-refractivity contribution in [2.45, 2.75) is 13.1 Å². The van der Waals surface area contributed by atoms with Crippen molar-refractivity contribution < 1.29 is 14.8 Å². The summed E-state index contributed by atoms with van der Waals surface area (Å²) in [4.78, 5) is 29.4. The van der Waals surface area contributed by atoms with E-state index in [1.807, 2.05) is 19.3 Å². The summed E-state index contributed by atoms with van der Waals surface area (Å²) >= 11 is 0. The molecule has 2 aromatic rings. The monoisotopic (exact) mass is 290 g/mol. The highest BCUT2D eigenvalue weighted by molar-refractivity contribution is 5.93. The third kappa shape index (κ3) is 2.27. The lowest BCUT2D eigenvalue weighted by atomic mass is 10.3. The van der Waals surface area contributed by atoms with E-state index in [1.54, 1.807) is 20.2 Å². The number of carbonyl (C=O) groups is 2. The molecular formula is C12H14N6O3. The summed E-state index contributed by atoms with van der Waals surface area (Å²) < 4.78 is 3.33. The van der Waals surface area contributed by atoms with E-state index in [9.17, 15) is 9.59 Å². The van der Waals surface area contributed by atoms with Gasteiger partial charge in [0.1, 0.15) is 11.5 Å². The molecule has 2 aromatic heterocycles. The van der Waals surface area contributed by atoms with Crippen LogP contribution in [0, 0.1) is 0 Å². The van der Waals surface area contributed by atoms with E-state index in [0.717, 1.165) is 0 Å². The van der Waals surface area contributed by atoms with Gasteiger partial charge in [-0.25, -0.2) is 15.1 Å². The zero-order valence-electron chi connectivity index (χ0n) is 11.4. The molecule has 3 rings (SSSR count). The molecule has 2 amide bonds. The maximum absolute atomic E-state index is 12.4. The normalized spacial score (nSPS) is 13.9. The average molecular weight is 290 g/mol. The molecule has 0 unspecified atom stereocenters. The molecule has 110 valence electrons. The molecule has 9 nitrogen and oxygen atoms in total. The molecule has 1 aliphatic heterocycles. The first kappa shape index (κ1) is 13.3. The number of nitrogens with zero attached hydrogens (tertiary/aromatic N) is 5. The maximum Gasteiger partial charge on any atom is 0.314 e. The highest BCUT2D eigenvalue weighted by Crippen LogP contribution is 2.14. The van der Waals surface area contributed by atoms with Gasteiger partial charge in [-0.05, 0) is 12.1 Å². The molecule has 2 N–H and O–H groups in total. The number of aromatic nitrogens is 4. The topological polar surface area (TPSA) is 105 Å². The molecule has 9 heteroatoms. The lowest BCUT2D eigenvalue weighted by molar-refractivity contribution is 0.0686. The average Bonchev–Trinajstić information content (AvgIpc) is 3.10. The highest BCUT2D eigenvalue weighted by atomic mass is 16.5. The van der Waals surface area contributed by atoms with Crippen LogP contribution in [0.15, 0.2) is 18.3 Å². The van der Waals surface area contributed by atoms with Crippen molar-refractivity contribution in [2.24, 2.45) is 7.05 Å². The third-order valence-corrected chi connectivity index (χ3v) is 3.42. The summed E-state index contributed by atoms with van der Waals surface area (Å²) in [5.74, 6) is -0.454. The van der Waals surface area contributed by atoms with Crippen LogP contribution in [-0.2, 0) is 20.1 Å². The van der Waals surface area contributed by atoms with Crippen molar-refractivity contribution in [1.29, 1.82) is 0 Å². The maximum atomic E-state index is 12.4. The van der Waals surface area contributed by atoms with Gasteiger partial charge in [-0.3, -0.25) is 14.8 Å². The number of hydrogen-bond donors (Lipinski definition) is 2. The van der Waals surface area contributed by atoms with E-state index in [0.29, 0.717) is 24.6 Å². The zero-order valence-corrected chi connectivity index (χ0v) is 11.4. The molecule has 0 fully saturated rings. The molecule has 0 saturated carbocycles. The molecule has 0 aliphatic carbocycles. The van der Waals surface area contributed by atoms with Gasteiger partial charge in [-0.2, -0.15) is 0 Å². The van der Waals surface area contributed by atoms with Crippen LogP contribution in [0.2, 0.25) is 0 Å². The number of hydrogen-bond acceptors (Lipinski definition) is 5. The SMILES string of the molecule is Cn1cccc1C(=O)N1CCn2nc(C(=O)NO)nc2C1. The molecule has 1 aliphatic rings. The summed E-state index contributed by atoms with van der Waals surface area (Å²) in [5, 5.41) is 12.6. The van der Waals surface area contributed by atoms with Crippen molar-refractivity contribution >= 4 is 11.8 Å². The molecule has 0 saturated heterocycles. The molecule has 0 spiro atoms. The Balaban J connectivity index is 1.81. The quantitative estimate of drug-likeness (QED) is 0.567. The lowest BCUT2D eigenvalue weighted by Gasteiger charge is -2.26. The summed E-state index contributed by atoms with van der Waals surface area (Å²) in [6, 6.07) is 3.57. The van der Waals surface area contributed by atoms with Gasteiger partial charge in [-0.1, -0.05) is 0 Å². The first-order valence-corrected chi connectivity index (χ1v) is 6.39. The van der Waals surface area contributed by atoms with Crippen molar-refractivity contribution in [3.63, 3.8) is 0 Å². The minimum absolute atomic E-state index is 0.0927. The summed E-state index contributed by atoms with van der Waals surface area (Å²) in [6.45, 7) is 1.22. The summed E-state index contributed by atoms with van der Waals surface area (Å²) in [5.41, 5.74) is 2.09. The van der Waals surface area contributed by atoms with E-state index >= 15 is 0 Å². The summed E-state index contributed by atoms with van der Waals surface area (Å²) in [7, 11) is 1.81.